The summed E-state index contributed by atoms with van der Waals surface area (Å²) in [6.45, 7) is 2.05. The molecule has 80 valence electrons. The Kier molecular flexibility index (Phi) is 2.27. The van der Waals surface area contributed by atoms with Crippen molar-refractivity contribution in [2.24, 2.45) is 0 Å². The van der Waals surface area contributed by atoms with Gasteiger partial charge in [0.2, 0.25) is 5.91 Å². The summed E-state index contributed by atoms with van der Waals surface area (Å²) >= 11 is 0. The van der Waals surface area contributed by atoms with Crippen LogP contribution in [0.25, 0.3) is 0 Å². The second-order valence-corrected chi connectivity index (χ2v) is 2.81. The van der Waals surface area contributed by atoms with Crippen LogP contribution in [-0.2, 0) is 20.9 Å². The smallest absolute Gasteiger partial charge is 0.302 e. The number of hydrogen-bond donors (Lipinski definition) is 1. The third-order valence-electron chi connectivity index (χ3n) is 1.40. The van der Waals surface area contributed by atoms with Crippen LogP contribution in [0.4, 0.5) is 5.69 Å². The highest BCUT2D eigenvalue weighted by Crippen LogP contribution is 2.10. The van der Waals surface area contributed by atoms with Gasteiger partial charge in [-0.05, 0) is 17.6 Å². The molecule has 1 amide bonds. The average Bonchev–Trinajstić information content (AvgIpc) is 2.31. The fraction of sp³-hybridized carbons (Fsp3) is 0.273. The maximum Gasteiger partial charge on any atom is 0.302 e. The van der Waals surface area contributed by atoms with Crippen molar-refractivity contribution in [2.45, 2.75) is 20.5 Å². The Morgan fingerprint density at radius 3 is 2.40 bits per heavy atom. The number of rotatable bonds is 3. The number of hydrogen-bond acceptors (Lipinski definition) is 3. The summed E-state index contributed by atoms with van der Waals surface area (Å²) in [6.07, 6.45) is 0. The van der Waals surface area contributed by atoms with Gasteiger partial charge in [0.15, 0.2) is 0 Å². The monoisotopic (exact) mass is 211 g/mol. The Balaban J connectivity index is 3.30. The molecule has 0 saturated heterocycles. The lowest BCUT2D eigenvalue weighted by molar-refractivity contribution is -0.142. The molecule has 0 aliphatic carbocycles. The predicted octanol–water partition coefficient (Wildman–Crippen LogP) is 1.71. The first-order chi connectivity index (χ1) is 8.75. The van der Waals surface area contributed by atoms with Gasteiger partial charge in [0.1, 0.15) is 6.61 Å². The van der Waals surface area contributed by atoms with Crippen LogP contribution in [0.15, 0.2) is 24.2 Å². The van der Waals surface area contributed by atoms with Gasteiger partial charge in [-0.2, -0.15) is 0 Å². The second kappa shape index (κ2) is 5.14. The first-order valence-corrected chi connectivity index (χ1v) is 4.25. The summed E-state index contributed by atoms with van der Waals surface area (Å²) in [4.78, 5) is 21.7. The van der Waals surface area contributed by atoms with E-state index in [4.69, 9.17) is 5.48 Å². The van der Waals surface area contributed by atoms with Crippen LogP contribution in [0.5, 0.6) is 0 Å². The van der Waals surface area contributed by atoms with Gasteiger partial charge in [0, 0.05) is 19.5 Å². The number of ether oxygens (including phenoxy) is 1. The van der Waals surface area contributed by atoms with E-state index in [1.165, 1.54) is 13.8 Å². The lowest BCUT2D eigenvalue weighted by Gasteiger charge is -2.04. The highest BCUT2D eigenvalue weighted by atomic mass is 16.5. The van der Waals surface area contributed by atoms with E-state index in [9.17, 15) is 9.59 Å². The largest absolute Gasteiger partial charge is 0.461 e. The molecule has 0 radical (unpaired) electrons. The van der Waals surface area contributed by atoms with E-state index >= 15 is 0 Å². The third kappa shape index (κ3) is 4.26. The Morgan fingerprint density at radius 2 is 1.93 bits per heavy atom. The number of carbonyl (C=O) groups is 2. The molecule has 0 heterocycles. The van der Waals surface area contributed by atoms with Crippen LogP contribution >= 0.6 is 0 Å². The van der Waals surface area contributed by atoms with E-state index in [-0.39, 0.29) is 42.0 Å². The first-order valence-electron chi connectivity index (χ1n) is 6.25. The summed E-state index contributed by atoms with van der Waals surface area (Å²) in [5.41, 5.74) is -0.214. The number of esters is 1. The molecule has 0 aliphatic rings. The Labute approximate surface area is 93.9 Å². The minimum Gasteiger partial charge on any atom is -0.461 e. The highest BCUT2D eigenvalue weighted by molar-refractivity contribution is 5.88. The summed E-state index contributed by atoms with van der Waals surface area (Å²) < 4.78 is 35.6. The molecule has 0 bridgehead atoms. The van der Waals surface area contributed by atoms with Crippen LogP contribution in [0.3, 0.4) is 0 Å². The standard InChI is InChI=1S/C11H13NO3/c1-8(13)12-11-5-3-10(4-6-11)7-15-9(2)14/h3-6H,7H2,1-2H3,(H,12,13)/i3D,4D,5D,6D. The van der Waals surface area contributed by atoms with Crippen LogP contribution in [-0.4, -0.2) is 11.9 Å². The van der Waals surface area contributed by atoms with Crippen molar-refractivity contribution in [1.82, 2.24) is 0 Å². The van der Waals surface area contributed by atoms with Gasteiger partial charge < -0.3 is 10.1 Å². The van der Waals surface area contributed by atoms with Crippen molar-refractivity contribution in [1.29, 1.82) is 0 Å². The van der Waals surface area contributed by atoms with E-state index in [0.29, 0.717) is 0 Å². The van der Waals surface area contributed by atoms with E-state index in [2.05, 4.69) is 10.1 Å². The summed E-state index contributed by atoms with van der Waals surface area (Å²) in [5.74, 6) is -1.07. The van der Waals surface area contributed by atoms with Gasteiger partial charge in [-0.1, -0.05) is 12.1 Å². The molecule has 4 heteroatoms. The molecule has 0 unspecified atom stereocenters. The lowest BCUT2D eigenvalue weighted by Crippen LogP contribution is -2.05. The zero-order chi connectivity index (χ0) is 14.7. The predicted molar refractivity (Wildman–Crippen MR) is 56.2 cm³/mol. The van der Waals surface area contributed by atoms with E-state index in [1.54, 1.807) is 0 Å². The maximum atomic E-state index is 11.0. The van der Waals surface area contributed by atoms with Crippen LogP contribution in [0, 0.1) is 0 Å². The molecule has 0 spiro atoms. The lowest BCUT2D eigenvalue weighted by atomic mass is 10.2. The maximum absolute atomic E-state index is 11.0. The van der Waals surface area contributed by atoms with Gasteiger partial charge >= 0.3 is 5.97 Å². The average molecular weight is 211 g/mol. The number of nitrogens with one attached hydrogen (secondary N) is 1. The van der Waals surface area contributed by atoms with Gasteiger partial charge in [-0.15, -0.1) is 0 Å². The molecule has 1 aromatic carbocycles. The fourth-order valence-corrected chi connectivity index (χ4v) is 0.823. The molecule has 0 aliphatic heterocycles. The minimum atomic E-state index is -0.581. The summed E-state index contributed by atoms with van der Waals surface area (Å²) in [7, 11) is 0. The van der Waals surface area contributed by atoms with E-state index < -0.39 is 11.9 Å². The van der Waals surface area contributed by atoms with Crippen molar-refractivity contribution < 1.29 is 19.8 Å². The molecule has 0 saturated carbocycles. The number of amides is 1. The molecule has 15 heavy (non-hydrogen) atoms. The molecule has 0 atom stereocenters. The van der Waals surface area contributed by atoms with Crippen molar-refractivity contribution in [3.63, 3.8) is 0 Å². The van der Waals surface area contributed by atoms with Gasteiger partial charge in [-0.25, -0.2) is 0 Å². The first kappa shape index (κ1) is 6.61. The fourth-order valence-electron chi connectivity index (χ4n) is 0.823. The van der Waals surface area contributed by atoms with Crippen molar-refractivity contribution >= 4 is 17.6 Å². The van der Waals surface area contributed by atoms with Gasteiger partial charge in [-0.3, -0.25) is 9.59 Å². The molecule has 4 nitrogen and oxygen atoms in total. The Morgan fingerprint density at radius 1 is 1.33 bits per heavy atom. The quantitative estimate of drug-likeness (QED) is 0.774. The summed E-state index contributed by atoms with van der Waals surface area (Å²) in [6, 6.07) is -1.44. The van der Waals surface area contributed by atoms with E-state index in [0.717, 1.165) is 0 Å². The SMILES string of the molecule is [2H]c1c([2H])c(NC(C)=O)c([2H])c([2H])c1COC(C)=O. The van der Waals surface area contributed by atoms with Crippen molar-refractivity contribution in [3.05, 3.63) is 29.7 Å². The third-order valence-corrected chi connectivity index (χ3v) is 1.40. The van der Waals surface area contributed by atoms with Crippen LogP contribution in [0.2, 0.25) is 0 Å². The summed E-state index contributed by atoms with van der Waals surface area (Å²) in [5, 5.41) is 2.25. The molecule has 1 N–H and O–H groups in total. The number of carbonyl (C=O) groups excluding carboxylic acids is 2. The zero-order valence-corrected chi connectivity index (χ0v) is 8.43. The number of anilines is 1. The van der Waals surface area contributed by atoms with Crippen molar-refractivity contribution in [2.75, 3.05) is 5.32 Å². The Bertz CT molecular complexity index is 516. The number of benzene rings is 1. The van der Waals surface area contributed by atoms with E-state index in [1.807, 2.05) is 0 Å². The Hall–Kier alpha value is -1.84. The molecule has 0 fully saturated rings. The molecule has 1 rings (SSSR count). The molecular formula is C11H13NO3. The molecule has 0 aromatic heterocycles. The topological polar surface area (TPSA) is 55.4 Å². The molecule has 1 aromatic rings. The van der Waals surface area contributed by atoms with Crippen LogP contribution in [0.1, 0.15) is 24.9 Å². The zero-order valence-electron chi connectivity index (χ0n) is 12.4. The molecular weight excluding hydrogens is 194 g/mol. The minimum absolute atomic E-state index is 0.0284. The second-order valence-electron chi connectivity index (χ2n) is 2.81. The highest BCUT2D eigenvalue weighted by Gasteiger charge is 1.98. The van der Waals surface area contributed by atoms with Gasteiger partial charge in [0.25, 0.3) is 0 Å². The van der Waals surface area contributed by atoms with Crippen molar-refractivity contribution in [3.8, 4) is 0 Å². The van der Waals surface area contributed by atoms with Gasteiger partial charge in [0.05, 0.1) is 5.48 Å². The normalized spacial score (nSPS) is 13.2. The van der Waals surface area contributed by atoms with Crippen LogP contribution < -0.4 is 5.32 Å².